The lowest BCUT2D eigenvalue weighted by Crippen LogP contribution is -2.40. The molecule has 6 heteroatoms. The zero-order chi connectivity index (χ0) is 17.1. The van der Waals surface area contributed by atoms with Crippen LogP contribution >= 0.6 is 11.6 Å². The first-order valence-electron chi connectivity index (χ1n) is 7.29. The molecule has 5 nitrogen and oxygen atoms in total. The Balaban J connectivity index is 1.95. The Morgan fingerprint density at radius 3 is 2.21 bits per heavy atom. The van der Waals surface area contributed by atoms with Crippen LogP contribution in [0.25, 0.3) is 5.69 Å². The summed E-state index contributed by atoms with van der Waals surface area (Å²) >= 11 is 5.85. The van der Waals surface area contributed by atoms with E-state index in [1.165, 1.54) is 9.13 Å². The van der Waals surface area contributed by atoms with Gasteiger partial charge in [-0.15, -0.1) is 0 Å². The van der Waals surface area contributed by atoms with E-state index in [4.69, 9.17) is 16.3 Å². The van der Waals surface area contributed by atoms with E-state index < -0.39 is 11.1 Å². The number of benzene rings is 2. The summed E-state index contributed by atoms with van der Waals surface area (Å²) in [6.45, 7) is 0.314. The monoisotopic (exact) mass is 342 g/mol. The van der Waals surface area contributed by atoms with Crippen molar-refractivity contribution in [1.29, 1.82) is 0 Å². The van der Waals surface area contributed by atoms with Gasteiger partial charge < -0.3 is 9.30 Å². The fourth-order valence-corrected chi connectivity index (χ4v) is 2.49. The van der Waals surface area contributed by atoms with Crippen molar-refractivity contribution in [2.75, 3.05) is 7.11 Å². The molecule has 0 bridgehead atoms. The molecule has 1 aromatic heterocycles. The van der Waals surface area contributed by atoms with Gasteiger partial charge in [-0.05, 0) is 42.0 Å². The summed E-state index contributed by atoms with van der Waals surface area (Å²) in [6, 6.07) is 14.1. The number of nitrogens with zero attached hydrogens (tertiary/aromatic N) is 2. The molecule has 0 spiro atoms. The lowest BCUT2D eigenvalue weighted by molar-refractivity contribution is 0.414. The standard InChI is InChI=1S/C18H15ClN2O3/c1-24-16-8-6-15(7-9-16)21-11-10-20(17(22)18(21)23)12-13-2-4-14(19)5-3-13/h2-11H,12H2,1H3. The number of ether oxygens (including phenoxy) is 1. The zero-order valence-corrected chi connectivity index (χ0v) is 13.7. The molecule has 0 saturated carbocycles. The lowest BCUT2D eigenvalue weighted by Gasteiger charge is -2.10. The van der Waals surface area contributed by atoms with E-state index in [1.807, 2.05) is 12.1 Å². The molecule has 0 aliphatic rings. The highest BCUT2D eigenvalue weighted by atomic mass is 35.5. The Morgan fingerprint density at radius 1 is 0.917 bits per heavy atom. The molecule has 2 aromatic carbocycles. The molecule has 3 aromatic rings. The zero-order valence-electron chi connectivity index (χ0n) is 13.0. The highest BCUT2D eigenvalue weighted by molar-refractivity contribution is 6.30. The summed E-state index contributed by atoms with van der Waals surface area (Å²) in [5.41, 5.74) is 0.319. The summed E-state index contributed by atoms with van der Waals surface area (Å²) in [5, 5.41) is 0.626. The molecule has 0 N–H and O–H groups in total. The van der Waals surface area contributed by atoms with Crippen LogP contribution in [0, 0.1) is 0 Å². The average Bonchev–Trinajstić information content (AvgIpc) is 2.61. The Labute approximate surface area is 143 Å². The molecular formula is C18H15ClN2O3. The fraction of sp³-hybridized carbons (Fsp3) is 0.111. The molecule has 3 rings (SSSR count). The molecule has 1 heterocycles. The first kappa shape index (κ1) is 16.1. The van der Waals surface area contributed by atoms with E-state index in [2.05, 4.69) is 0 Å². The van der Waals surface area contributed by atoms with Crippen LogP contribution in [-0.2, 0) is 6.54 Å². The third-order valence-electron chi connectivity index (χ3n) is 3.68. The van der Waals surface area contributed by atoms with Crippen LogP contribution in [0.5, 0.6) is 5.75 Å². The molecule has 0 aliphatic heterocycles. The van der Waals surface area contributed by atoms with Crippen LogP contribution in [-0.4, -0.2) is 16.2 Å². The van der Waals surface area contributed by atoms with Crippen LogP contribution in [0.3, 0.4) is 0 Å². The molecule has 0 fully saturated rings. The van der Waals surface area contributed by atoms with Crippen molar-refractivity contribution in [3.05, 3.63) is 92.2 Å². The van der Waals surface area contributed by atoms with Crippen molar-refractivity contribution in [1.82, 2.24) is 9.13 Å². The van der Waals surface area contributed by atoms with Crippen molar-refractivity contribution in [3.63, 3.8) is 0 Å². The van der Waals surface area contributed by atoms with E-state index in [0.29, 0.717) is 23.0 Å². The third-order valence-corrected chi connectivity index (χ3v) is 3.93. The Kier molecular flexibility index (Phi) is 4.53. The summed E-state index contributed by atoms with van der Waals surface area (Å²) < 4.78 is 7.79. The van der Waals surface area contributed by atoms with Gasteiger partial charge in [-0.1, -0.05) is 23.7 Å². The molecule has 0 saturated heterocycles. The topological polar surface area (TPSA) is 53.2 Å². The van der Waals surface area contributed by atoms with Crippen LogP contribution in [0.15, 0.2) is 70.5 Å². The van der Waals surface area contributed by atoms with Gasteiger partial charge in [-0.3, -0.25) is 14.2 Å². The quantitative estimate of drug-likeness (QED) is 0.685. The molecule has 122 valence electrons. The summed E-state index contributed by atoms with van der Waals surface area (Å²) in [5.74, 6) is 0.683. The van der Waals surface area contributed by atoms with E-state index in [9.17, 15) is 9.59 Å². The van der Waals surface area contributed by atoms with Crippen LogP contribution in [0.4, 0.5) is 0 Å². The minimum Gasteiger partial charge on any atom is -0.497 e. The van der Waals surface area contributed by atoms with Gasteiger partial charge in [0.1, 0.15) is 5.75 Å². The predicted octanol–water partition coefficient (Wildman–Crippen LogP) is 2.71. The van der Waals surface area contributed by atoms with Gasteiger partial charge in [0, 0.05) is 23.1 Å². The van der Waals surface area contributed by atoms with Crippen molar-refractivity contribution in [2.45, 2.75) is 6.54 Å². The Morgan fingerprint density at radius 2 is 1.58 bits per heavy atom. The Hall–Kier alpha value is -2.79. The van der Waals surface area contributed by atoms with Gasteiger partial charge in [0.25, 0.3) is 0 Å². The first-order valence-corrected chi connectivity index (χ1v) is 7.67. The summed E-state index contributed by atoms with van der Waals surface area (Å²) in [7, 11) is 1.57. The van der Waals surface area contributed by atoms with E-state index in [0.717, 1.165) is 5.56 Å². The van der Waals surface area contributed by atoms with Crippen LogP contribution in [0.1, 0.15) is 5.56 Å². The van der Waals surface area contributed by atoms with Gasteiger partial charge >= 0.3 is 11.1 Å². The highest BCUT2D eigenvalue weighted by Gasteiger charge is 2.07. The normalized spacial score (nSPS) is 10.6. The molecular weight excluding hydrogens is 328 g/mol. The SMILES string of the molecule is COc1ccc(-n2ccn(Cc3ccc(Cl)cc3)c(=O)c2=O)cc1. The van der Waals surface area contributed by atoms with E-state index in [-0.39, 0.29) is 0 Å². The molecule has 0 aliphatic carbocycles. The van der Waals surface area contributed by atoms with Crippen LogP contribution in [0.2, 0.25) is 5.02 Å². The van der Waals surface area contributed by atoms with Crippen LogP contribution < -0.4 is 15.9 Å². The molecule has 24 heavy (non-hydrogen) atoms. The first-order chi connectivity index (χ1) is 11.6. The van der Waals surface area contributed by atoms with E-state index in [1.54, 1.807) is 55.9 Å². The molecule has 0 radical (unpaired) electrons. The predicted molar refractivity (Wildman–Crippen MR) is 93.4 cm³/mol. The van der Waals surface area contributed by atoms with E-state index >= 15 is 0 Å². The van der Waals surface area contributed by atoms with Gasteiger partial charge in [0.15, 0.2) is 0 Å². The number of methoxy groups -OCH3 is 1. The molecule has 0 amide bonds. The number of hydrogen-bond acceptors (Lipinski definition) is 3. The van der Waals surface area contributed by atoms with Crippen molar-refractivity contribution < 1.29 is 4.74 Å². The van der Waals surface area contributed by atoms with Gasteiger partial charge in [0.05, 0.1) is 13.7 Å². The largest absolute Gasteiger partial charge is 0.497 e. The maximum Gasteiger partial charge on any atom is 0.320 e. The lowest BCUT2D eigenvalue weighted by atomic mass is 10.2. The highest BCUT2D eigenvalue weighted by Crippen LogP contribution is 2.13. The van der Waals surface area contributed by atoms with Crippen molar-refractivity contribution in [3.8, 4) is 11.4 Å². The smallest absolute Gasteiger partial charge is 0.320 e. The number of rotatable bonds is 4. The molecule has 0 atom stereocenters. The van der Waals surface area contributed by atoms with Gasteiger partial charge in [-0.25, -0.2) is 0 Å². The maximum absolute atomic E-state index is 12.4. The summed E-state index contributed by atoms with van der Waals surface area (Å²) in [6.07, 6.45) is 3.18. The Bertz CT molecular complexity index is 957. The number of aromatic nitrogens is 2. The molecule has 0 unspecified atom stereocenters. The second-order valence-electron chi connectivity index (χ2n) is 5.23. The van der Waals surface area contributed by atoms with Crippen molar-refractivity contribution in [2.24, 2.45) is 0 Å². The third kappa shape index (κ3) is 3.26. The van der Waals surface area contributed by atoms with Gasteiger partial charge in [0.2, 0.25) is 0 Å². The average molecular weight is 343 g/mol. The minimum atomic E-state index is -0.600. The number of hydrogen-bond donors (Lipinski definition) is 0. The maximum atomic E-state index is 12.4. The minimum absolute atomic E-state index is 0.314. The second-order valence-corrected chi connectivity index (χ2v) is 5.67. The van der Waals surface area contributed by atoms with Gasteiger partial charge in [-0.2, -0.15) is 0 Å². The second kappa shape index (κ2) is 6.76. The summed E-state index contributed by atoms with van der Waals surface area (Å²) in [4.78, 5) is 24.7. The number of halogens is 1. The van der Waals surface area contributed by atoms with Crippen molar-refractivity contribution >= 4 is 11.6 Å². The fourth-order valence-electron chi connectivity index (χ4n) is 2.37.